The number of nitrogens with zero attached hydrogens (tertiary/aromatic N) is 2. The second kappa shape index (κ2) is 17.3. The fourth-order valence-electron chi connectivity index (χ4n) is 4.61. The SMILES string of the molecule is C=C(C)OC.CC.CC.COc1ccc2c(c1)CCN1Cc3cc(OC)c(OSc4ccc(C#N)cc4)cc3CC21. The molecule has 2 aliphatic heterocycles. The average Bonchev–Trinajstić information content (AvgIpc) is 3.04. The van der Waals surface area contributed by atoms with Crippen LogP contribution in [0.15, 0.2) is 71.8 Å². The van der Waals surface area contributed by atoms with Gasteiger partial charge in [0.2, 0.25) is 0 Å². The highest BCUT2D eigenvalue weighted by molar-refractivity contribution is 7.95. The van der Waals surface area contributed by atoms with Crippen molar-refractivity contribution < 1.29 is 18.4 Å². The Morgan fingerprint density at radius 3 is 2.15 bits per heavy atom. The van der Waals surface area contributed by atoms with Crippen LogP contribution in [0, 0.1) is 11.3 Å². The van der Waals surface area contributed by atoms with Crippen molar-refractivity contribution in [3.05, 3.63) is 94.8 Å². The lowest BCUT2D eigenvalue weighted by molar-refractivity contribution is 0.160. The Labute approximate surface area is 251 Å². The number of benzene rings is 3. The highest BCUT2D eigenvalue weighted by Crippen LogP contribution is 2.43. The van der Waals surface area contributed by atoms with Gasteiger partial charge in [0.1, 0.15) is 5.75 Å². The summed E-state index contributed by atoms with van der Waals surface area (Å²) in [7, 11) is 5.00. The molecule has 2 heterocycles. The van der Waals surface area contributed by atoms with Crippen LogP contribution in [-0.4, -0.2) is 32.8 Å². The molecule has 3 aromatic rings. The summed E-state index contributed by atoms with van der Waals surface area (Å²) in [4.78, 5) is 3.49. The molecule has 1 unspecified atom stereocenters. The van der Waals surface area contributed by atoms with Crippen LogP contribution in [0.25, 0.3) is 0 Å². The molecular weight excluding hydrogens is 532 g/mol. The number of hydrogen-bond acceptors (Lipinski definition) is 7. The van der Waals surface area contributed by atoms with Gasteiger partial charge in [0.15, 0.2) is 11.5 Å². The molecule has 0 fully saturated rings. The molecular formula is C34H44N2O4S. The standard InChI is InChI=1S/C26H24N2O3S.C4H8O.2C2H6/c1-29-21-5-8-23-18(11-21)9-10-28-16-20-14-25(30-2)26(13-19(20)12-24(23)28)31-32-22-6-3-17(15-27)4-7-22;1-4(2)5-3;2*1-2/h3-8,11,13-14,24H,9-10,12,16H2,1-2H3;1H2,2-3H3;2*1-2H3. The summed E-state index contributed by atoms with van der Waals surface area (Å²) >= 11 is 1.27. The molecule has 2 aliphatic rings. The van der Waals surface area contributed by atoms with E-state index in [2.05, 4.69) is 52.6 Å². The van der Waals surface area contributed by atoms with E-state index in [0.717, 1.165) is 53.8 Å². The Balaban J connectivity index is 0.000000583. The van der Waals surface area contributed by atoms with E-state index in [1.54, 1.807) is 40.4 Å². The van der Waals surface area contributed by atoms with E-state index in [9.17, 15) is 0 Å². The molecule has 5 rings (SSSR count). The van der Waals surface area contributed by atoms with Gasteiger partial charge in [0.05, 0.1) is 50.8 Å². The Hall–Kier alpha value is -3.60. The molecule has 7 heteroatoms. The summed E-state index contributed by atoms with van der Waals surface area (Å²) in [6, 6.07) is 20.6. The first-order chi connectivity index (χ1) is 19.9. The van der Waals surface area contributed by atoms with Gasteiger partial charge in [-0.2, -0.15) is 5.26 Å². The van der Waals surface area contributed by atoms with Crippen LogP contribution in [0.5, 0.6) is 17.2 Å². The van der Waals surface area contributed by atoms with Gasteiger partial charge in [0, 0.05) is 24.0 Å². The van der Waals surface area contributed by atoms with Gasteiger partial charge in [-0.05, 0) is 90.6 Å². The van der Waals surface area contributed by atoms with Gasteiger partial charge in [0.25, 0.3) is 0 Å². The number of rotatable bonds is 6. The number of nitriles is 1. The highest BCUT2D eigenvalue weighted by atomic mass is 32.2. The molecule has 0 aliphatic carbocycles. The zero-order chi connectivity index (χ0) is 30.4. The molecule has 0 saturated carbocycles. The number of allylic oxidation sites excluding steroid dienone is 1. The topological polar surface area (TPSA) is 64.0 Å². The minimum absolute atomic E-state index is 0.365. The second-order valence-electron chi connectivity index (χ2n) is 8.99. The summed E-state index contributed by atoms with van der Waals surface area (Å²) in [6.45, 7) is 15.2. The fraction of sp³-hybridized carbons (Fsp3) is 0.382. The molecule has 0 saturated heterocycles. The molecule has 41 heavy (non-hydrogen) atoms. The summed E-state index contributed by atoms with van der Waals surface area (Å²) in [5.74, 6) is 3.14. The molecule has 0 aromatic heterocycles. The van der Waals surface area contributed by atoms with Gasteiger partial charge in [-0.25, -0.2) is 0 Å². The average molecular weight is 577 g/mol. The molecule has 0 amide bonds. The molecule has 0 radical (unpaired) electrons. The Morgan fingerprint density at radius 1 is 0.902 bits per heavy atom. The number of ether oxygens (including phenoxy) is 3. The monoisotopic (exact) mass is 576 g/mol. The van der Waals surface area contributed by atoms with Crippen LogP contribution in [0.2, 0.25) is 0 Å². The van der Waals surface area contributed by atoms with Crippen molar-refractivity contribution >= 4 is 12.0 Å². The van der Waals surface area contributed by atoms with E-state index in [1.807, 2.05) is 39.8 Å². The molecule has 220 valence electrons. The zero-order valence-electron chi connectivity index (χ0n) is 25.7. The van der Waals surface area contributed by atoms with Crippen molar-refractivity contribution in [1.29, 1.82) is 5.26 Å². The van der Waals surface area contributed by atoms with Crippen LogP contribution in [0.1, 0.15) is 68.5 Å². The Bertz CT molecular complexity index is 1300. The van der Waals surface area contributed by atoms with Crippen LogP contribution in [0.4, 0.5) is 0 Å². The molecule has 0 N–H and O–H groups in total. The van der Waals surface area contributed by atoms with Crippen LogP contribution >= 0.6 is 12.0 Å². The first kappa shape index (κ1) is 33.6. The van der Waals surface area contributed by atoms with Gasteiger partial charge in [-0.15, -0.1) is 0 Å². The fourth-order valence-corrected chi connectivity index (χ4v) is 5.17. The Kier molecular flexibility index (Phi) is 14.2. The number of methoxy groups -OCH3 is 3. The van der Waals surface area contributed by atoms with E-state index >= 15 is 0 Å². The third-order valence-electron chi connectivity index (χ3n) is 6.65. The van der Waals surface area contributed by atoms with E-state index < -0.39 is 0 Å². The third kappa shape index (κ3) is 8.94. The van der Waals surface area contributed by atoms with E-state index in [-0.39, 0.29) is 0 Å². The molecule has 0 spiro atoms. The van der Waals surface area contributed by atoms with E-state index in [1.165, 1.54) is 34.3 Å². The van der Waals surface area contributed by atoms with Gasteiger partial charge < -0.3 is 18.4 Å². The molecule has 0 bridgehead atoms. The summed E-state index contributed by atoms with van der Waals surface area (Å²) in [6.07, 6.45) is 1.98. The van der Waals surface area contributed by atoms with Crippen molar-refractivity contribution in [2.45, 2.75) is 64.9 Å². The Morgan fingerprint density at radius 2 is 1.56 bits per heavy atom. The van der Waals surface area contributed by atoms with Crippen molar-refractivity contribution in [2.75, 3.05) is 27.9 Å². The zero-order valence-corrected chi connectivity index (χ0v) is 26.6. The highest BCUT2D eigenvalue weighted by Gasteiger charge is 2.33. The molecule has 1 atom stereocenters. The van der Waals surface area contributed by atoms with Crippen LogP contribution in [-0.2, 0) is 24.1 Å². The number of hydrogen-bond donors (Lipinski definition) is 0. The normalized spacial score (nSPS) is 14.3. The third-order valence-corrected chi connectivity index (χ3v) is 7.38. The summed E-state index contributed by atoms with van der Waals surface area (Å²) < 4.78 is 21.7. The number of fused-ring (bicyclic) bond motifs is 4. The first-order valence-corrected chi connectivity index (χ1v) is 14.8. The van der Waals surface area contributed by atoms with Crippen molar-refractivity contribution in [2.24, 2.45) is 0 Å². The van der Waals surface area contributed by atoms with Crippen molar-refractivity contribution in [3.63, 3.8) is 0 Å². The van der Waals surface area contributed by atoms with E-state index in [4.69, 9.17) is 18.9 Å². The molecule has 3 aromatic carbocycles. The lowest BCUT2D eigenvalue weighted by Crippen LogP contribution is -2.39. The maximum atomic E-state index is 8.97. The predicted octanol–water partition coefficient (Wildman–Crippen LogP) is 8.54. The lowest BCUT2D eigenvalue weighted by atomic mass is 9.84. The minimum atomic E-state index is 0.365. The van der Waals surface area contributed by atoms with Gasteiger partial charge in [-0.1, -0.05) is 40.3 Å². The quantitative estimate of drug-likeness (QED) is 0.215. The van der Waals surface area contributed by atoms with Gasteiger partial charge in [-0.3, -0.25) is 4.90 Å². The predicted molar refractivity (Wildman–Crippen MR) is 169 cm³/mol. The second-order valence-corrected chi connectivity index (χ2v) is 9.79. The lowest BCUT2D eigenvalue weighted by Gasteiger charge is -2.41. The van der Waals surface area contributed by atoms with Crippen molar-refractivity contribution in [1.82, 2.24) is 4.90 Å². The largest absolute Gasteiger partial charge is 0.502 e. The minimum Gasteiger partial charge on any atom is -0.502 e. The van der Waals surface area contributed by atoms with Gasteiger partial charge >= 0.3 is 0 Å². The van der Waals surface area contributed by atoms with E-state index in [0.29, 0.717) is 11.6 Å². The smallest absolute Gasteiger partial charge is 0.179 e. The van der Waals surface area contributed by atoms with Crippen LogP contribution < -0.4 is 13.7 Å². The maximum absolute atomic E-state index is 8.97. The summed E-state index contributed by atoms with van der Waals surface area (Å²) in [5, 5.41) is 8.97. The van der Waals surface area contributed by atoms with Crippen LogP contribution in [0.3, 0.4) is 0 Å². The summed E-state index contributed by atoms with van der Waals surface area (Å²) in [5.41, 5.74) is 6.01. The first-order valence-electron chi connectivity index (χ1n) is 14.1. The molecule has 6 nitrogen and oxygen atoms in total. The maximum Gasteiger partial charge on any atom is 0.179 e. The van der Waals surface area contributed by atoms with Crippen molar-refractivity contribution in [3.8, 4) is 23.3 Å².